The van der Waals surface area contributed by atoms with E-state index in [1.807, 2.05) is 0 Å². The van der Waals surface area contributed by atoms with Gasteiger partial charge >= 0.3 is 5.69 Å². The summed E-state index contributed by atoms with van der Waals surface area (Å²) in [7, 11) is 2.83. The standard InChI is InChI=1S/C23H19ClFN3O6/c1-32-19-9-15-18(10-20(19)33-2)27(12-21(29)26-13-5-6-17(25)16(24)8-13)23(31)28(22(15)30)11-14-4-3-7-34-14/h3-10H,11-12H2,1-2H3,(H,26,29). The van der Waals surface area contributed by atoms with Crippen LogP contribution in [-0.4, -0.2) is 29.3 Å². The van der Waals surface area contributed by atoms with Crippen molar-refractivity contribution in [1.82, 2.24) is 9.13 Å². The number of carbonyl (C=O) groups excluding carboxylic acids is 1. The highest BCUT2D eigenvalue weighted by Gasteiger charge is 2.19. The van der Waals surface area contributed by atoms with E-state index in [2.05, 4.69) is 5.32 Å². The highest BCUT2D eigenvalue weighted by molar-refractivity contribution is 6.31. The molecule has 0 atom stereocenters. The summed E-state index contributed by atoms with van der Waals surface area (Å²) < 4.78 is 31.4. The lowest BCUT2D eigenvalue weighted by molar-refractivity contribution is -0.116. The minimum atomic E-state index is -0.728. The third kappa shape index (κ3) is 4.40. The molecule has 0 radical (unpaired) electrons. The summed E-state index contributed by atoms with van der Waals surface area (Å²) in [5, 5.41) is 2.55. The Balaban J connectivity index is 1.83. The van der Waals surface area contributed by atoms with E-state index >= 15 is 0 Å². The number of halogens is 2. The van der Waals surface area contributed by atoms with Gasteiger partial charge in [0, 0.05) is 11.8 Å². The summed E-state index contributed by atoms with van der Waals surface area (Å²) in [6.07, 6.45) is 1.43. The molecular formula is C23H19ClFN3O6. The highest BCUT2D eigenvalue weighted by atomic mass is 35.5. The molecule has 0 spiro atoms. The molecule has 1 N–H and O–H groups in total. The molecule has 11 heteroatoms. The van der Waals surface area contributed by atoms with Gasteiger partial charge in [0.2, 0.25) is 5.91 Å². The number of nitrogens with one attached hydrogen (secondary N) is 1. The second-order valence-corrected chi connectivity index (χ2v) is 7.65. The Morgan fingerprint density at radius 3 is 2.47 bits per heavy atom. The number of fused-ring (bicyclic) bond motifs is 1. The largest absolute Gasteiger partial charge is 0.493 e. The Hall–Kier alpha value is -4.05. The summed E-state index contributed by atoms with van der Waals surface area (Å²) in [4.78, 5) is 39.3. The summed E-state index contributed by atoms with van der Waals surface area (Å²) in [6, 6.07) is 9.86. The Morgan fingerprint density at radius 2 is 1.82 bits per heavy atom. The van der Waals surface area contributed by atoms with Crippen LogP contribution in [0.2, 0.25) is 5.02 Å². The smallest absolute Gasteiger partial charge is 0.332 e. The number of amides is 1. The third-order valence-corrected chi connectivity index (χ3v) is 5.42. The number of hydrogen-bond donors (Lipinski definition) is 1. The molecule has 34 heavy (non-hydrogen) atoms. The Kier molecular flexibility index (Phi) is 6.42. The van der Waals surface area contributed by atoms with Gasteiger partial charge in [0.15, 0.2) is 11.5 Å². The molecule has 0 saturated heterocycles. The molecule has 2 aromatic heterocycles. The molecule has 176 valence electrons. The molecule has 0 saturated carbocycles. The summed E-state index contributed by atoms with van der Waals surface area (Å²) in [5.41, 5.74) is -0.889. The molecule has 0 aliphatic heterocycles. The molecule has 0 fully saturated rings. The average molecular weight is 488 g/mol. The zero-order chi connectivity index (χ0) is 24.4. The Labute approximate surface area is 196 Å². The number of anilines is 1. The van der Waals surface area contributed by atoms with E-state index in [1.54, 1.807) is 12.1 Å². The maximum atomic E-state index is 13.4. The fraction of sp³-hybridized carbons (Fsp3) is 0.174. The lowest BCUT2D eigenvalue weighted by atomic mass is 10.2. The number of hydrogen-bond acceptors (Lipinski definition) is 6. The van der Waals surface area contributed by atoms with E-state index in [0.29, 0.717) is 5.76 Å². The SMILES string of the molecule is COc1cc2c(=O)n(Cc3ccco3)c(=O)n(CC(=O)Nc3ccc(F)c(Cl)c3)c2cc1OC. The number of rotatable bonds is 7. The first-order chi connectivity index (χ1) is 16.3. The molecule has 4 aromatic rings. The first-order valence-corrected chi connectivity index (χ1v) is 10.4. The third-order valence-electron chi connectivity index (χ3n) is 5.13. The van der Waals surface area contributed by atoms with Gasteiger partial charge in [0.1, 0.15) is 18.1 Å². The fourth-order valence-corrected chi connectivity index (χ4v) is 3.69. The second-order valence-electron chi connectivity index (χ2n) is 7.24. The normalized spacial score (nSPS) is 10.9. The monoisotopic (exact) mass is 487 g/mol. The van der Waals surface area contributed by atoms with Gasteiger partial charge in [-0.15, -0.1) is 0 Å². The van der Waals surface area contributed by atoms with Crippen LogP contribution in [0, 0.1) is 5.82 Å². The van der Waals surface area contributed by atoms with Gasteiger partial charge < -0.3 is 19.2 Å². The predicted octanol–water partition coefficient (Wildman–Crippen LogP) is 3.25. The van der Waals surface area contributed by atoms with E-state index in [0.717, 1.165) is 15.2 Å². The van der Waals surface area contributed by atoms with Crippen molar-refractivity contribution in [1.29, 1.82) is 0 Å². The van der Waals surface area contributed by atoms with Crippen LogP contribution < -0.4 is 26.0 Å². The van der Waals surface area contributed by atoms with Crippen LogP contribution in [-0.2, 0) is 17.9 Å². The maximum absolute atomic E-state index is 13.4. The fourth-order valence-electron chi connectivity index (χ4n) is 3.51. The minimum absolute atomic E-state index is 0.135. The predicted molar refractivity (Wildman–Crippen MR) is 123 cm³/mol. The molecule has 2 heterocycles. The van der Waals surface area contributed by atoms with Crippen LogP contribution in [0.5, 0.6) is 11.5 Å². The lowest BCUT2D eigenvalue weighted by Crippen LogP contribution is -2.42. The van der Waals surface area contributed by atoms with Crippen molar-refractivity contribution in [3.63, 3.8) is 0 Å². The first kappa shape index (κ1) is 23.1. The van der Waals surface area contributed by atoms with Gasteiger partial charge in [-0.1, -0.05) is 11.6 Å². The van der Waals surface area contributed by atoms with Crippen LogP contribution in [0.15, 0.2) is 62.7 Å². The van der Waals surface area contributed by atoms with Crippen LogP contribution in [0.4, 0.5) is 10.1 Å². The lowest BCUT2D eigenvalue weighted by Gasteiger charge is -2.16. The van der Waals surface area contributed by atoms with Gasteiger partial charge in [0.25, 0.3) is 5.56 Å². The van der Waals surface area contributed by atoms with Crippen molar-refractivity contribution in [3.05, 3.63) is 86.2 Å². The Bertz CT molecular complexity index is 1490. The molecular weight excluding hydrogens is 469 g/mol. The molecule has 4 rings (SSSR count). The molecule has 2 aromatic carbocycles. The van der Waals surface area contributed by atoms with E-state index in [1.165, 1.54) is 44.7 Å². The number of methoxy groups -OCH3 is 2. The zero-order valence-electron chi connectivity index (χ0n) is 18.1. The minimum Gasteiger partial charge on any atom is -0.493 e. The number of aromatic nitrogens is 2. The number of carbonyl (C=O) groups is 1. The molecule has 0 aliphatic rings. The number of ether oxygens (including phenoxy) is 2. The first-order valence-electron chi connectivity index (χ1n) is 9.99. The van der Waals surface area contributed by atoms with Gasteiger partial charge in [-0.05, 0) is 36.4 Å². The average Bonchev–Trinajstić information content (AvgIpc) is 3.34. The maximum Gasteiger partial charge on any atom is 0.332 e. The van der Waals surface area contributed by atoms with Crippen molar-refractivity contribution in [2.75, 3.05) is 19.5 Å². The van der Waals surface area contributed by atoms with Crippen LogP contribution >= 0.6 is 11.6 Å². The van der Waals surface area contributed by atoms with Crippen molar-refractivity contribution in [2.45, 2.75) is 13.1 Å². The van der Waals surface area contributed by atoms with Crippen molar-refractivity contribution in [2.24, 2.45) is 0 Å². The van der Waals surface area contributed by atoms with Gasteiger partial charge in [0.05, 0.1) is 43.0 Å². The highest BCUT2D eigenvalue weighted by Crippen LogP contribution is 2.30. The topological polar surface area (TPSA) is 105 Å². The zero-order valence-corrected chi connectivity index (χ0v) is 18.9. The van der Waals surface area contributed by atoms with Crippen LogP contribution in [0.3, 0.4) is 0 Å². The van der Waals surface area contributed by atoms with Crippen molar-refractivity contribution < 1.29 is 23.1 Å². The summed E-state index contributed by atoms with van der Waals surface area (Å²) in [6.45, 7) is -0.581. The van der Waals surface area contributed by atoms with Gasteiger partial charge in [-0.25, -0.2) is 9.18 Å². The molecule has 0 unspecified atom stereocenters. The molecule has 1 amide bonds. The second kappa shape index (κ2) is 9.44. The molecule has 0 bridgehead atoms. The molecule has 9 nitrogen and oxygen atoms in total. The van der Waals surface area contributed by atoms with E-state index < -0.39 is 29.5 Å². The van der Waals surface area contributed by atoms with Crippen molar-refractivity contribution >= 4 is 34.1 Å². The quantitative estimate of drug-likeness (QED) is 0.429. The van der Waals surface area contributed by atoms with Crippen LogP contribution in [0.25, 0.3) is 10.9 Å². The van der Waals surface area contributed by atoms with Gasteiger partial charge in [-0.2, -0.15) is 0 Å². The summed E-state index contributed by atoms with van der Waals surface area (Å²) in [5.74, 6) is -0.280. The van der Waals surface area contributed by atoms with E-state index in [9.17, 15) is 18.8 Å². The molecule has 0 aliphatic carbocycles. The Morgan fingerprint density at radius 1 is 1.09 bits per heavy atom. The van der Waals surface area contributed by atoms with Gasteiger partial charge in [-0.3, -0.25) is 18.7 Å². The van der Waals surface area contributed by atoms with Crippen molar-refractivity contribution in [3.8, 4) is 11.5 Å². The summed E-state index contributed by atoms with van der Waals surface area (Å²) >= 11 is 5.77. The number of furan rings is 1. The number of nitrogens with zero attached hydrogens (tertiary/aromatic N) is 2. The van der Waals surface area contributed by atoms with E-state index in [-0.39, 0.29) is 39.7 Å². The van der Waals surface area contributed by atoms with Crippen LogP contribution in [0.1, 0.15) is 5.76 Å². The number of benzene rings is 2. The van der Waals surface area contributed by atoms with E-state index in [4.69, 9.17) is 25.5 Å².